The van der Waals surface area contributed by atoms with E-state index in [0.717, 1.165) is 44.9 Å². The van der Waals surface area contributed by atoms with Crippen LogP contribution in [-0.4, -0.2) is 47.9 Å². The van der Waals surface area contributed by atoms with E-state index in [4.69, 9.17) is 4.52 Å². The largest absolute Gasteiger partial charge is 0.353 e. The Hall–Kier alpha value is -1.78. The molecule has 0 spiro atoms. The zero-order valence-corrected chi connectivity index (χ0v) is 21.4. The maximum atomic E-state index is 13.6. The van der Waals surface area contributed by atoms with E-state index in [1.165, 1.54) is 34.9 Å². The first-order valence-electron chi connectivity index (χ1n) is 12.7. The van der Waals surface area contributed by atoms with Crippen molar-refractivity contribution in [3.8, 4) is 10.7 Å². The number of carbonyl (C=O) groups is 1. The quantitative estimate of drug-likeness (QED) is 0.574. The van der Waals surface area contributed by atoms with Gasteiger partial charge in [-0.3, -0.25) is 4.79 Å². The zero-order valence-electron chi connectivity index (χ0n) is 19.8. The first-order valence-corrected chi connectivity index (χ1v) is 14.9. The van der Waals surface area contributed by atoms with Gasteiger partial charge in [-0.1, -0.05) is 37.3 Å². The van der Waals surface area contributed by atoms with Gasteiger partial charge in [0.15, 0.2) is 0 Å². The molecule has 3 heterocycles. The van der Waals surface area contributed by atoms with Crippen molar-refractivity contribution in [2.45, 2.75) is 94.4 Å². The lowest BCUT2D eigenvalue weighted by Gasteiger charge is -2.32. The van der Waals surface area contributed by atoms with Gasteiger partial charge < -0.3 is 9.84 Å². The van der Waals surface area contributed by atoms with Gasteiger partial charge in [0.25, 0.3) is 0 Å². The van der Waals surface area contributed by atoms with Crippen molar-refractivity contribution in [2.24, 2.45) is 5.92 Å². The van der Waals surface area contributed by atoms with Crippen LogP contribution in [0, 0.1) is 12.8 Å². The number of piperidine rings is 1. The molecule has 2 aliphatic carbocycles. The van der Waals surface area contributed by atoms with Gasteiger partial charge in [0.2, 0.25) is 27.6 Å². The second-order valence-corrected chi connectivity index (χ2v) is 13.2. The molecule has 2 aromatic heterocycles. The Kier molecular flexibility index (Phi) is 7.09. The molecule has 1 saturated heterocycles. The highest BCUT2D eigenvalue weighted by Crippen LogP contribution is 2.38. The predicted molar refractivity (Wildman–Crippen MR) is 130 cm³/mol. The van der Waals surface area contributed by atoms with Crippen molar-refractivity contribution in [1.82, 2.24) is 19.8 Å². The fourth-order valence-corrected chi connectivity index (χ4v) is 8.25. The number of aryl methyl sites for hydroxylation is 1. The summed E-state index contributed by atoms with van der Waals surface area (Å²) < 4.78 is 34.0. The summed E-state index contributed by atoms with van der Waals surface area (Å²) in [5.74, 6) is 1.14. The fourth-order valence-electron chi connectivity index (χ4n) is 5.24. The average molecular weight is 507 g/mol. The van der Waals surface area contributed by atoms with Gasteiger partial charge >= 0.3 is 0 Å². The van der Waals surface area contributed by atoms with Crippen LogP contribution < -0.4 is 5.32 Å². The number of hydrogen-bond donors (Lipinski definition) is 1. The Balaban J connectivity index is 1.28. The summed E-state index contributed by atoms with van der Waals surface area (Å²) in [6.07, 6.45) is 11.5. The van der Waals surface area contributed by atoms with Gasteiger partial charge in [0, 0.05) is 29.9 Å². The van der Waals surface area contributed by atoms with E-state index in [-0.39, 0.29) is 29.3 Å². The van der Waals surface area contributed by atoms with Gasteiger partial charge in [0.1, 0.15) is 0 Å². The molecule has 1 atom stereocenters. The molecule has 8 nitrogen and oxygen atoms in total. The number of amides is 1. The minimum atomic E-state index is -3.71. The standard InChI is InChI=1S/C24H34N4O4S2/c1-16-21(14-20(33-16)22-26-24(32-27-22)17-8-6-9-17)34(30,31)28-13-7-10-18(15-28)23(29)25-19-11-4-2-3-5-12-19/h14,17-19H,2-13,15H2,1H3,(H,25,29)/t18-/m0/s1. The van der Waals surface area contributed by atoms with E-state index >= 15 is 0 Å². The van der Waals surface area contributed by atoms with Crippen molar-refractivity contribution in [2.75, 3.05) is 13.1 Å². The number of nitrogens with one attached hydrogen (secondary N) is 1. The topological polar surface area (TPSA) is 105 Å². The summed E-state index contributed by atoms with van der Waals surface area (Å²) >= 11 is 1.37. The number of nitrogens with zero attached hydrogens (tertiary/aromatic N) is 3. The normalized spacial score (nSPS) is 23.4. The highest BCUT2D eigenvalue weighted by atomic mass is 32.2. The Morgan fingerprint density at radius 2 is 1.85 bits per heavy atom. The maximum Gasteiger partial charge on any atom is 0.244 e. The summed E-state index contributed by atoms with van der Waals surface area (Å²) in [6.45, 7) is 2.49. The van der Waals surface area contributed by atoms with Crippen LogP contribution in [0.3, 0.4) is 0 Å². The highest BCUT2D eigenvalue weighted by molar-refractivity contribution is 7.89. The van der Waals surface area contributed by atoms with Crippen LogP contribution in [0.4, 0.5) is 0 Å². The Bertz CT molecular complexity index is 1110. The van der Waals surface area contributed by atoms with Gasteiger partial charge in [0.05, 0.1) is 15.7 Å². The third-order valence-electron chi connectivity index (χ3n) is 7.56. The molecule has 1 amide bonds. The van der Waals surface area contributed by atoms with Gasteiger partial charge in [-0.05, 0) is 51.5 Å². The molecule has 5 rings (SSSR count). The molecule has 1 N–H and O–H groups in total. The molecule has 3 fully saturated rings. The summed E-state index contributed by atoms with van der Waals surface area (Å²) in [4.78, 5) is 19.2. The number of thiophene rings is 1. The summed E-state index contributed by atoms with van der Waals surface area (Å²) in [5, 5.41) is 7.31. The second-order valence-electron chi connectivity index (χ2n) is 10.0. The Morgan fingerprint density at radius 3 is 2.56 bits per heavy atom. The van der Waals surface area contributed by atoms with Crippen LogP contribution in [0.2, 0.25) is 0 Å². The molecule has 34 heavy (non-hydrogen) atoms. The fraction of sp³-hybridized carbons (Fsp3) is 0.708. The molecule has 0 unspecified atom stereocenters. The monoisotopic (exact) mass is 506 g/mol. The first kappa shape index (κ1) is 23.9. The Labute approximate surface area is 205 Å². The van der Waals surface area contributed by atoms with Crippen molar-refractivity contribution < 1.29 is 17.7 Å². The third kappa shape index (κ3) is 4.95. The number of hydrogen-bond acceptors (Lipinski definition) is 7. The molecule has 3 aliphatic rings. The summed E-state index contributed by atoms with van der Waals surface area (Å²) in [6, 6.07) is 1.89. The van der Waals surface area contributed by atoms with E-state index in [1.54, 1.807) is 6.07 Å². The Morgan fingerprint density at radius 1 is 1.09 bits per heavy atom. The molecule has 0 radical (unpaired) electrons. The minimum absolute atomic E-state index is 0.00449. The second kappa shape index (κ2) is 10.1. The number of aromatic nitrogens is 2. The maximum absolute atomic E-state index is 13.6. The molecule has 10 heteroatoms. The molecular weight excluding hydrogens is 472 g/mol. The van der Waals surface area contributed by atoms with Crippen molar-refractivity contribution in [3.63, 3.8) is 0 Å². The minimum Gasteiger partial charge on any atom is -0.353 e. The third-order valence-corrected chi connectivity index (χ3v) is 10.7. The molecule has 186 valence electrons. The highest BCUT2D eigenvalue weighted by Gasteiger charge is 2.36. The average Bonchev–Trinajstić information content (AvgIpc) is 3.33. The van der Waals surface area contributed by atoms with E-state index < -0.39 is 10.0 Å². The lowest BCUT2D eigenvalue weighted by Crippen LogP contribution is -2.47. The van der Waals surface area contributed by atoms with Crippen LogP contribution in [0.1, 0.15) is 87.3 Å². The molecule has 1 aliphatic heterocycles. The number of sulfonamides is 1. The lowest BCUT2D eigenvalue weighted by molar-refractivity contribution is -0.126. The van der Waals surface area contributed by atoms with E-state index in [1.807, 2.05) is 6.92 Å². The molecule has 2 aromatic rings. The molecule has 0 bridgehead atoms. The van der Waals surface area contributed by atoms with Crippen LogP contribution in [0.15, 0.2) is 15.5 Å². The van der Waals surface area contributed by atoms with Crippen molar-refractivity contribution in [3.05, 3.63) is 16.8 Å². The smallest absolute Gasteiger partial charge is 0.244 e. The summed E-state index contributed by atoms with van der Waals surface area (Å²) in [7, 11) is -3.71. The summed E-state index contributed by atoms with van der Waals surface area (Å²) in [5.41, 5.74) is 0. The number of carbonyl (C=O) groups excluding carboxylic acids is 1. The van der Waals surface area contributed by atoms with Crippen molar-refractivity contribution >= 4 is 27.3 Å². The first-order chi connectivity index (χ1) is 16.4. The zero-order chi connectivity index (χ0) is 23.7. The van der Waals surface area contributed by atoms with Gasteiger partial charge in [-0.2, -0.15) is 9.29 Å². The van der Waals surface area contributed by atoms with Gasteiger partial charge in [-0.25, -0.2) is 8.42 Å². The van der Waals surface area contributed by atoms with Gasteiger partial charge in [-0.15, -0.1) is 11.3 Å². The van der Waals surface area contributed by atoms with Crippen molar-refractivity contribution in [1.29, 1.82) is 0 Å². The van der Waals surface area contributed by atoms with Crippen LogP contribution in [0.5, 0.6) is 0 Å². The van der Waals surface area contributed by atoms with E-state index in [9.17, 15) is 13.2 Å². The molecule has 0 aromatic carbocycles. The van der Waals surface area contributed by atoms with Crippen LogP contribution in [-0.2, 0) is 14.8 Å². The predicted octanol–water partition coefficient (Wildman–Crippen LogP) is 4.61. The van der Waals surface area contributed by atoms with Crippen LogP contribution in [0.25, 0.3) is 10.7 Å². The lowest BCUT2D eigenvalue weighted by atomic mass is 9.85. The SMILES string of the molecule is Cc1sc(-c2noc(C3CCC3)n2)cc1S(=O)(=O)N1CCC[C@H](C(=O)NC2CCCCCC2)C1. The van der Waals surface area contributed by atoms with E-state index in [2.05, 4.69) is 15.5 Å². The molecule has 2 saturated carbocycles. The molecular formula is C24H34N4O4S2. The van der Waals surface area contributed by atoms with Crippen LogP contribution >= 0.6 is 11.3 Å². The number of rotatable bonds is 6. The van der Waals surface area contributed by atoms with E-state index in [0.29, 0.717) is 40.4 Å².